The molecule has 11 heteroatoms. The summed E-state index contributed by atoms with van der Waals surface area (Å²) in [6.07, 6.45) is 0. The quantitative estimate of drug-likeness (QED) is 0.256. The number of fused-ring (bicyclic) bond motifs is 1. The fraction of sp³-hybridized carbons (Fsp3) is 0.240. The van der Waals surface area contributed by atoms with E-state index in [0.717, 1.165) is 31.7 Å². The van der Waals surface area contributed by atoms with E-state index in [9.17, 15) is 14.9 Å². The van der Waals surface area contributed by atoms with Crippen molar-refractivity contribution in [3.63, 3.8) is 0 Å². The summed E-state index contributed by atoms with van der Waals surface area (Å²) in [4.78, 5) is 37.7. The van der Waals surface area contributed by atoms with Crippen molar-refractivity contribution in [1.82, 2.24) is 24.9 Å². The number of nitro groups is 1. The second-order valence-corrected chi connectivity index (χ2v) is 8.71. The molecule has 4 aromatic rings. The molecule has 3 heterocycles. The number of piperazine rings is 1. The van der Waals surface area contributed by atoms with Crippen LogP contribution in [0.3, 0.4) is 0 Å². The van der Waals surface area contributed by atoms with Crippen molar-refractivity contribution in [1.29, 1.82) is 0 Å². The zero-order valence-corrected chi connectivity index (χ0v) is 19.9. The van der Waals surface area contributed by atoms with Crippen LogP contribution in [0.15, 0.2) is 69.7 Å². The topological polar surface area (TPSA) is 133 Å². The van der Waals surface area contributed by atoms with Gasteiger partial charge < -0.3 is 9.88 Å². The Bertz CT molecular complexity index is 1520. The monoisotopic (exact) mass is 484 g/mol. The number of H-pyrrole nitrogens is 1. The lowest BCUT2D eigenvalue weighted by Gasteiger charge is -2.29. The molecule has 182 valence electrons. The minimum absolute atomic E-state index is 0.0643. The Balaban J connectivity index is 1.53. The first kappa shape index (κ1) is 23.2. The number of aromatic amines is 1. The number of likely N-dealkylation sites (N-methyl/N-ethyl adjacent to an activating group) is 1. The lowest BCUT2D eigenvalue weighted by molar-refractivity contribution is -0.384. The predicted octanol–water partition coefficient (Wildman–Crippen LogP) is 4.11. The van der Waals surface area contributed by atoms with Crippen molar-refractivity contribution in [3.05, 3.63) is 80.9 Å². The third-order valence-corrected chi connectivity index (χ3v) is 6.09. The van der Waals surface area contributed by atoms with Gasteiger partial charge in [0.2, 0.25) is 0 Å². The van der Waals surface area contributed by atoms with E-state index in [0.29, 0.717) is 28.3 Å². The zero-order chi connectivity index (χ0) is 25.2. The average Bonchev–Trinajstić information content (AvgIpc) is 2.88. The van der Waals surface area contributed by atoms with Gasteiger partial charge in [0.15, 0.2) is 5.65 Å². The standard InChI is InChI=1S/C25H24N8O3/c1-16-26-24-23(25(34)27-16)21(18-4-3-5-20(14-18)33(35)36)15-22(28-24)17-6-8-19(9-7-17)29-30-32-12-10-31(2)11-13-32/h3-9,14-15H,10-13H2,1-2H3,(H,26,27,28,34). The van der Waals surface area contributed by atoms with Crippen molar-refractivity contribution < 1.29 is 4.92 Å². The number of aromatic nitrogens is 3. The number of non-ortho nitro benzene ring substituents is 1. The summed E-state index contributed by atoms with van der Waals surface area (Å²) in [6.45, 7) is 5.27. The van der Waals surface area contributed by atoms with E-state index < -0.39 is 4.92 Å². The maximum atomic E-state index is 12.8. The van der Waals surface area contributed by atoms with Gasteiger partial charge in [0.05, 0.1) is 34.8 Å². The molecule has 0 spiro atoms. The number of pyridine rings is 1. The Morgan fingerprint density at radius 3 is 2.47 bits per heavy atom. The highest BCUT2D eigenvalue weighted by molar-refractivity contribution is 5.94. The van der Waals surface area contributed by atoms with Crippen LogP contribution in [0.5, 0.6) is 0 Å². The number of hydrogen-bond donors (Lipinski definition) is 1. The number of nitro benzene ring substituents is 1. The van der Waals surface area contributed by atoms with Crippen LogP contribution in [0.4, 0.5) is 11.4 Å². The molecule has 0 unspecified atom stereocenters. The largest absolute Gasteiger partial charge is 0.310 e. The first-order valence-electron chi connectivity index (χ1n) is 11.5. The SMILES string of the molecule is Cc1nc2nc(-c3ccc(N=NN4CCN(C)CC4)cc3)cc(-c3cccc([N+](=O)[O-])c3)c2c(=O)[nH]1. The smallest absolute Gasteiger partial charge is 0.270 e. The minimum Gasteiger partial charge on any atom is -0.310 e. The maximum Gasteiger partial charge on any atom is 0.270 e. The highest BCUT2D eigenvalue weighted by Gasteiger charge is 2.17. The molecular formula is C25H24N8O3. The number of nitrogens with zero attached hydrogens (tertiary/aromatic N) is 7. The van der Waals surface area contributed by atoms with Crippen LogP contribution in [-0.2, 0) is 0 Å². The normalized spacial score (nSPS) is 14.6. The van der Waals surface area contributed by atoms with Gasteiger partial charge in [-0.15, -0.1) is 5.11 Å². The van der Waals surface area contributed by atoms with Gasteiger partial charge in [-0.25, -0.2) is 9.97 Å². The summed E-state index contributed by atoms with van der Waals surface area (Å²) < 4.78 is 0. The van der Waals surface area contributed by atoms with Crippen LogP contribution in [0.1, 0.15) is 5.82 Å². The van der Waals surface area contributed by atoms with E-state index in [1.807, 2.05) is 29.3 Å². The van der Waals surface area contributed by atoms with Crippen LogP contribution in [0, 0.1) is 17.0 Å². The highest BCUT2D eigenvalue weighted by atomic mass is 16.6. The summed E-state index contributed by atoms with van der Waals surface area (Å²) >= 11 is 0. The Labute approximate surface area is 206 Å². The Kier molecular flexibility index (Phi) is 6.21. The van der Waals surface area contributed by atoms with Gasteiger partial charge in [-0.05, 0) is 37.7 Å². The molecule has 0 amide bonds. The van der Waals surface area contributed by atoms with Gasteiger partial charge in [-0.2, -0.15) is 0 Å². The third-order valence-electron chi connectivity index (χ3n) is 6.09. The predicted molar refractivity (Wildman–Crippen MR) is 136 cm³/mol. The molecule has 1 saturated heterocycles. The second-order valence-electron chi connectivity index (χ2n) is 8.71. The van der Waals surface area contributed by atoms with Crippen molar-refractivity contribution in [2.24, 2.45) is 10.3 Å². The maximum absolute atomic E-state index is 12.8. The average molecular weight is 485 g/mol. The molecule has 1 fully saturated rings. The van der Waals surface area contributed by atoms with E-state index in [1.54, 1.807) is 25.1 Å². The van der Waals surface area contributed by atoms with E-state index in [4.69, 9.17) is 0 Å². The van der Waals surface area contributed by atoms with Crippen LogP contribution in [0.2, 0.25) is 0 Å². The molecule has 0 saturated carbocycles. The Morgan fingerprint density at radius 2 is 1.75 bits per heavy atom. The molecule has 1 N–H and O–H groups in total. The summed E-state index contributed by atoms with van der Waals surface area (Å²) in [5.41, 5.74) is 3.00. The van der Waals surface area contributed by atoms with E-state index in [-0.39, 0.29) is 22.3 Å². The number of hydrogen-bond acceptors (Lipinski definition) is 8. The molecule has 0 atom stereocenters. The van der Waals surface area contributed by atoms with Gasteiger partial charge in [0.25, 0.3) is 11.2 Å². The van der Waals surface area contributed by atoms with Crippen molar-refractivity contribution >= 4 is 22.4 Å². The van der Waals surface area contributed by atoms with Gasteiger partial charge in [0, 0.05) is 36.3 Å². The molecule has 1 aliphatic rings. The molecule has 0 bridgehead atoms. The summed E-state index contributed by atoms with van der Waals surface area (Å²) in [6, 6.07) is 15.4. The van der Waals surface area contributed by atoms with Crippen molar-refractivity contribution in [2.75, 3.05) is 33.2 Å². The molecule has 11 nitrogen and oxygen atoms in total. The third kappa shape index (κ3) is 4.82. The molecule has 2 aromatic carbocycles. The molecule has 2 aromatic heterocycles. The fourth-order valence-corrected chi connectivity index (χ4v) is 4.11. The Hall–Kier alpha value is -4.51. The molecule has 0 radical (unpaired) electrons. The van der Waals surface area contributed by atoms with Crippen molar-refractivity contribution in [2.45, 2.75) is 6.92 Å². The van der Waals surface area contributed by atoms with Crippen LogP contribution >= 0.6 is 0 Å². The lowest BCUT2D eigenvalue weighted by Crippen LogP contribution is -2.41. The highest BCUT2D eigenvalue weighted by Crippen LogP contribution is 2.32. The molecular weight excluding hydrogens is 460 g/mol. The molecule has 0 aliphatic carbocycles. The number of benzene rings is 2. The number of rotatable bonds is 5. The summed E-state index contributed by atoms with van der Waals surface area (Å²) in [5.74, 6) is 0.432. The lowest BCUT2D eigenvalue weighted by atomic mass is 9.99. The van der Waals surface area contributed by atoms with Crippen LogP contribution in [0.25, 0.3) is 33.4 Å². The molecule has 36 heavy (non-hydrogen) atoms. The summed E-state index contributed by atoms with van der Waals surface area (Å²) in [5, 5.41) is 22.3. The molecule has 5 rings (SSSR count). The van der Waals surface area contributed by atoms with E-state index in [2.05, 4.69) is 37.2 Å². The first-order valence-corrected chi connectivity index (χ1v) is 11.5. The second kappa shape index (κ2) is 9.62. The van der Waals surface area contributed by atoms with Gasteiger partial charge >= 0.3 is 0 Å². The van der Waals surface area contributed by atoms with E-state index in [1.165, 1.54) is 12.1 Å². The van der Waals surface area contributed by atoms with Gasteiger partial charge in [-0.1, -0.05) is 29.5 Å². The van der Waals surface area contributed by atoms with Crippen LogP contribution < -0.4 is 5.56 Å². The fourth-order valence-electron chi connectivity index (χ4n) is 4.11. The van der Waals surface area contributed by atoms with E-state index >= 15 is 0 Å². The zero-order valence-electron chi connectivity index (χ0n) is 19.9. The first-order chi connectivity index (χ1) is 17.4. The Morgan fingerprint density at radius 1 is 1.00 bits per heavy atom. The number of nitrogens with one attached hydrogen (secondary N) is 1. The van der Waals surface area contributed by atoms with Crippen LogP contribution in [-0.4, -0.2) is 63.0 Å². The van der Waals surface area contributed by atoms with Crippen molar-refractivity contribution in [3.8, 4) is 22.4 Å². The number of aryl methyl sites for hydroxylation is 1. The molecule has 1 aliphatic heterocycles. The minimum atomic E-state index is -0.462. The summed E-state index contributed by atoms with van der Waals surface area (Å²) in [7, 11) is 2.09. The van der Waals surface area contributed by atoms with Gasteiger partial charge in [0.1, 0.15) is 5.82 Å². The van der Waals surface area contributed by atoms with Gasteiger partial charge in [-0.3, -0.25) is 19.9 Å².